The lowest BCUT2D eigenvalue weighted by molar-refractivity contribution is 0.0464. The predicted molar refractivity (Wildman–Crippen MR) is 156 cm³/mol. The van der Waals surface area contributed by atoms with E-state index in [0.29, 0.717) is 17.1 Å². The molecule has 4 aromatic carbocycles. The van der Waals surface area contributed by atoms with Gasteiger partial charge >= 0.3 is 5.97 Å². The molecule has 0 spiro atoms. The second kappa shape index (κ2) is 12.1. The van der Waals surface area contributed by atoms with E-state index in [1.165, 1.54) is 0 Å². The Morgan fingerprint density at radius 2 is 1.25 bits per heavy atom. The average molecular weight is 535 g/mol. The Labute approximate surface area is 233 Å². The van der Waals surface area contributed by atoms with Crippen LogP contribution in [0.25, 0.3) is 16.9 Å². The van der Waals surface area contributed by atoms with Crippen LogP contribution in [0.1, 0.15) is 16.1 Å². The topological polar surface area (TPSA) is 71.0 Å². The van der Waals surface area contributed by atoms with Crippen LogP contribution in [-0.2, 0) is 11.3 Å². The number of aromatic nitrogens is 1. The highest BCUT2D eigenvalue weighted by Crippen LogP contribution is 2.36. The van der Waals surface area contributed by atoms with Crippen molar-refractivity contribution in [1.29, 1.82) is 0 Å². The molecule has 0 aliphatic rings. The zero-order valence-electron chi connectivity index (χ0n) is 22.6. The largest absolute Gasteiger partial charge is 0.497 e. The first kappa shape index (κ1) is 26.4. The summed E-state index contributed by atoms with van der Waals surface area (Å²) in [6, 6.07) is 34.4. The van der Waals surface area contributed by atoms with E-state index in [0.717, 1.165) is 39.7 Å². The van der Waals surface area contributed by atoms with E-state index in [1.54, 1.807) is 21.3 Å². The molecule has 0 bridgehead atoms. The number of nitrogens with one attached hydrogen (secondary N) is 1. The number of hydrogen-bond donors (Lipinski definition) is 1. The molecular weight excluding hydrogens is 504 g/mol. The van der Waals surface area contributed by atoms with Gasteiger partial charge in [0.15, 0.2) is 5.69 Å². The third-order valence-electron chi connectivity index (χ3n) is 6.49. The van der Waals surface area contributed by atoms with Crippen molar-refractivity contribution in [3.05, 3.63) is 120 Å². The van der Waals surface area contributed by atoms with Crippen LogP contribution in [0.5, 0.6) is 17.2 Å². The van der Waals surface area contributed by atoms with E-state index in [-0.39, 0.29) is 6.61 Å². The van der Waals surface area contributed by atoms with Crippen molar-refractivity contribution in [3.8, 4) is 34.2 Å². The van der Waals surface area contributed by atoms with Crippen LogP contribution in [0.15, 0.2) is 109 Å². The Morgan fingerprint density at radius 1 is 0.700 bits per heavy atom. The number of methoxy groups -OCH3 is 3. The molecule has 7 nitrogen and oxygen atoms in total. The first-order valence-corrected chi connectivity index (χ1v) is 12.8. The Kier molecular flexibility index (Phi) is 8.02. The van der Waals surface area contributed by atoms with Crippen molar-refractivity contribution in [2.45, 2.75) is 6.61 Å². The van der Waals surface area contributed by atoms with Crippen LogP contribution in [0.3, 0.4) is 0 Å². The average Bonchev–Trinajstić information content (AvgIpc) is 3.39. The van der Waals surface area contributed by atoms with Crippen LogP contribution in [0.2, 0.25) is 0 Å². The monoisotopic (exact) mass is 534 g/mol. The fourth-order valence-corrected chi connectivity index (χ4v) is 4.40. The molecule has 202 valence electrons. The van der Waals surface area contributed by atoms with Gasteiger partial charge in [0.25, 0.3) is 0 Å². The Hall–Kier alpha value is -5.17. The molecule has 5 rings (SSSR count). The van der Waals surface area contributed by atoms with Crippen molar-refractivity contribution in [2.24, 2.45) is 0 Å². The number of ether oxygens (including phenoxy) is 4. The van der Waals surface area contributed by atoms with Gasteiger partial charge in [0, 0.05) is 11.4 Å². The van der Waals surface area contributed by atoms with Crippen molar-refractivity contribution in [1.82, 2.24) is 4.57 Å². The molecule has 0 fully saturated rings. The van der Waals surface area contributed by atoms with Gasteiger partial charge < -0.3 is 28.8 Å². The lowest BCUT2D eigenvalue weighted by Crippen LogP contribution is -2.14. The van der Waals surface area contributed by atoms with Gasteiger partial charge in [0.2, 0.25) is 0 Å². The highest BCUT2D eigenvalue weighted by molar-refractivity contribution is 5.98. The number of esters is 1. The smallest absolute Gasteiger partial charge is 0.357 e. The first-order chi connectivity index (χ1) is 19.6. The second-order valence-electron chi connectivity index (χ2n) is 8.97. The van der Waals surface area contributed by atoms with Crippen LogP contribution < -0.4 is 19.5 Å². The summed E-state index contributed by atoms with van der Waals surface area (Å²) in [5, 5.41) is 3.42. The molecule has 0 radical (unpaired) electrons. The number of anilines is 2. The number of carbonyl (C=O) groups is 1. The van der Waals surface area contributed by atoms with E-state index in [9.17, 15) is 4.79 Å². The number of hydrogen-bond acceptors (Lipinski definition) is 6. The van der Waals surface area contributed by atoms with Gasteiger partial charge in [-0.3, -0.25) is 0 Å². The van der Waals surface area contributed by atoms with Gasteiger partial charge in [-0.2, -0.15) is 0 Å². The fraction of sp³-hybridized carbons (Fsp3) is 0.121. The zero-order chi connectivity index (χ0) is 27.9. The van der Waals surface area contributed by atoms with Gasteiger partial charge in [-0.05, 0) is 90.0 Å². The molecule has 0 atom stereocenters. The number of nitrogens with zero attached hydrogens (tertiary/aromatic N) is 1. The van der Waals surface area contributed by atoms with Crippen LogP contribution in [0.4, 0.5) is 11.4 Å². The maximum absolute atomic E-state index is 13.8. The van der Waals surface area contributed by atoms with Gasteiger partial charge in [0.1, 0.15) is 23.9 Å². The molecule has 0 unspecified atom stereocenters. The van der Waals surface area contributed by atoms with Crippen molar-refractivity contribution in [2.75, 3.05) is 26.6 Å². The zero-order valence-corrected chi connectivity index (χ0v) is 22.6. The van der Waals surface area contributed by atoms with Crippen molar-refractivity contribution >= 4 is 17.3 Å². The minimum atomic E-state index is -0.463. The minimum absolute atomic E-state index is 0.146. The number of rotatable bonds is 10. The molecular formula is C33H30N2O5. The van der Waals surface area contributed by atoms with Gasteiger partial charge in [-0.1, -0.05) is 30.3 Å². The van der Waals surface area contributed by atoms with Crippen LogP contribution >= 0.6 is 0 Å². The third kappa shape index (κ3) is 5.78. The second-order valence-corrected chi connectivity index (χ2v) is 8.97. The van der Waals surface area contributed by atoms with Crippen molar-refractivity contribution in [3.63, 3.8) is 0 Å². The van der Waals surface area contributed by atoms with E-state index < -0.39 is 5.97 Å². The number of benzene rings is 4. The van der Waals surface area contributed by atoms with Gasteiger partial charge in [-0.25, -0.2) is 4.79 Å². The maximum Gasteiger partial charge on any atom is 0.357 e. The third-order valence-corrected chi connectivity index (χ3v) is 6.49. The van der Waals surface area contributed by atoms with Crippen LogP contribution in [-0.4, -0.2) is 31.9 Å². The first-order valence-electron chi connectivity index (χ1n) is 12.8. The SMILES string of the molecule is COc1ccc(Nc2cc(-c3ccc(OC)cc3)n(-c3ccc(OC)cc3)c2C(=O)OCc2ccccc2)cc1. The maximum atomic E-state index is 13.8. The molecule has 0 amide bonds. The lowest BCUT2D eigenvalue weighted by atomic mass is 10.1. The summed E-state index contributed by atoms with van der Waals surface area (Å²) in [5.41, 5.74) is 5.14. The summed E-state index contributed by atoms with van der Waals surface area (Å²) in [5.74, 6) is 1.73. The summed E-state index contributed by atoms with van der Waals surface area (Å²) in [7, 11) is 4.88. The summed E-state index contributed by atoms with van der Waals surface area (Å²) in [6.07, 6.45) is 0. The fourth-order valence-electron chi connectivity index (χ4n) is 4.40. The molecule has 0 saturated carbocycles. The Bertz CT molecular complexity index is 1560. The number of carbonyl (C=O) groups excluding carboxylic acids is 1. The molecule has 0 aliphatic heterocycles. The molecule has 7 heteroatoms. The lowest BCUT2D eigenvalue weighted by Gasteiger charge is -2.15. The van der Waals surface area contributed by atoms with Gasteiger partial charge in [0.05, 0.1) is 32.7 Å². The van der Waals surface area contributed by atoms with E-state index in [1.807, 2.05) is 114 Å². The predicted octanol–water partition coefficient (Wildman–Crippen LogP) is 7.27. The molecule has 0 aliphatic carbocycles. The van der Waals surface area contributed by atoms with Crippen molar-refractivity contribution < 1.29 is 23.7 Å². The van der Waals surface area contributed by atoms with Gasteiger partial charge in [-0.15, -0.1) is 0 Å². The van der Waals surface area contributed by atoms with E-state index >= 15 is 0 Å². The summed E-state index contributed by atoms with van der Waals surface area (Å²) in [4.78, 5) is 13.8. The summed E-state index contributed by atoms with van der Waals surface area (Å²) < 4.78 is 23.8. The molecule has 1 aromatic heterocycles. The molecule has 1 N–H and O–H groups in total. The quantitative estimate of drug-likeness (QED) is 0.190. The Morgan fingerprint density at radius 3 is 1.82 bits per heavy atom. The minimum Gasteiger partial charge on any atom is -0.497 e. The van der Waals surface area contributed by atoms with Crippen LogP contribution in [0, 0.1) is 0 Å². The highest BCUT2D eigenvalue weighted by atomic mass is 16.5. The van der Waals surface area contributed by atoms with E-state index in [4.69, 9.17) is 18.9 Å². The van der Waals surface area contributed by atoms with E-state index in [2.05, 4.69) is 5.32 Å². The molecule has 5 aromatic rings. The summed E-state index contributed by atoms with van der Waals surface area (Å²) >= 11 is 0. The molecule has 40 heavy (non-hydrogen) atoms. The highest BCUT2D eigenvalue weighted by Gasteiger charge is 2.25. The molecule has 1 heterocycles. The molecule has 0 saturated heterocycles. The normalized spacial score (nSPS) is 10.6. The standard InChI is InChI=1S/C33H30N2O5/c1-37-27-15-9-24(10-16-27)31-21-30(34-25-11-17-28(38-2)18-12-25)32(33(36)40-22-23-7-5-4-6-8-23)35(31)26-13-19-29(39-3)20-14-26/h4-21,34H,22H2,1-3H3. The summed E-state index contributed by atoms with van der Waals surface area (Å²) in [6.45, 7) is 0.146. The Balaban J connectivity index is 1.65.